The molecule has 19 heavy (non-hydrogen) atoms. The number of amides is 1. The smallest absolute Gasteiger partial charge is 0.238 e. The number of aliphatic hydroxyl groups excluding tert-OH is 1. The van der Waals surface area contributed by atoms with Crippen molar-refractivity contribution < 1.29 is 9.90 Å². The predicted molar refractivity (Wildman–Crippen MR) is 75.9 cm³/mol. The van der Waals surface area contributed by atoms with E-state index < -0.39 is 0 Å². The molecule has 0 spiro atoms. The summed E-state index contributed by atoms with van der Waals surface area (Å²) in [4.78, 5) is 14.0. The third kappa shape index (κ3) is 3.45. The Labute approximate surface area is 113 Å². The van der Waals surface area contributed by atoms with E-state index in [9.17, 15) is 9.90 Å². The summed E-state index contributed by atoms with van der Waals surface area (Å²) in [5, 5.41) is 12.0. The number of benzene rings is 1. The number of nitrogen functional groups attached to an aromatic ring is 1. The number of aliphatic hydroxyl groups is 1. The van der Waals surface area contributed by atoms with Crippen molar-refractivity contribution in [3.63, 3.8) is 0 Å². The Morgan fingerprint density at radius 2 is 2.37 bits per heavy atom. The number of nitrogens with one attached hydrogen (secondary N) is 1. The fraction of sp³-hybridized carbons (Fsp3) is 0.500. The molecule has 0 bridgehead atoms. The van der Waals surface area contributed by atoms with Crippen molar-refractivity contribution in [2.24, 2.45) is 0 Å². The van der Waals surface area contributed by atoms with Crippen LogP contribution >= 0.6 is 0 Å². The molecule has 1 aromatic carbocycles. The standard InChI is InChI=1S/C14H21N3O2/c1-10-4-5-13(12(15)7-10)16-14(19)8-17-6-2-3-11(17)9-18/h4-5,7,11,18H,2-3,6,8-9,15H2,1H3,(H,16,19). The molecule has 1 aliphatic heterocycles. The first-order chi connectivity index (χ1) is 9.10. The molecular formula is C14H21N3O2. The molecule has 2 rings (SSSR count). The van der Waals surface area contributed by atoms with Gasteiger partial charge in [-0.1, -0.05) is 6.07 Å². The molecule has 1 saturated heterocycles. The Morgan fingerprint density at radius 1 is 1.58 bits per heavy atom. The average molecular weight is 263 g/mol. The normalized spacial score (nSPS) is 19.6. The minimum absolute atomic E-state index is 0.0871. The largest absolute Gasteiger partial charge is 0.397 e. The highest BCUT2D eigenvalue weighted by Crippen LogP contribution is 2.20. The van der Waals surface area contributed by atoms with Crippen molar-refractivity contribution in [3.05, 3.63) is 23.8 Å². The van der Waals surface area contributed by atoms with Gasteiger partial charge in [0.1, 0.15) is 0 Å². The van der Waals surface area contributed by atoms with E-state index in [-0.39, 0.29) is 18.6 Å². The summed E-state index contributed by atoms with van der Waals surface area (Å²) < 4.78 is 0. The first-order valence-electron chi connectivity index (χ1n) is 6.61. The number of carbonyl (C=O) groups excluding carboxylic acids is 1. The summed E-state index contributed by atoms with van der Waals surface area (Å²) in [6.45, 7) is 3.23. The van der Waals surface area contributed by atoms with Crippen LogP contribution in [0.4, 0.5) is 11.4 Å². The van der Waals surface area contributed by atoms with Crippen molar-refractivity contribution in [1.82, 2.24) is 4.90 Å². The van der Waals surface area contributed by atoms with Crippen molar-refractivity contribution in [2.45, 2.75) is 25.8 Å². The second-order valence-corrected chi connectivity index (χ2v) is 5.09. The lowest BCUT2D eigenvalue weighted by Gasteiger charge is -2.22. The Bertz CT molecular complexity index is 462. The van der Waals surface area contributed by atoms with Crippen molar-refractivity contribution in [3.8, 4) is 0 Å². The maximum absolute atomic E-state index is 12.0. The van der Waals surface area contributed by atoms with E-state index in [4.69, 9.17) is 5.73 Å². The minimum Gasteiger partial charge on any atom is -0.397 e. The fourth-order valence-corrected chi connectivity index (χ4v) is 2.48. The molecule has 5 heteroatoms. The average Bonchev–Trinajstić information content (AvgIpc) is 2.80. The van der Waals surface area contributed by atoms with E-state index in [1.54, 1.807) is 0 Å². The molecular weight excluding hydrogens is 242 g/mol. The number of rotatable bonds is 4. The van der Waals surface area contributed by atoms with E-state index in [0.717, 1.165) is 24.9 Å². The van der Waals surface area contributed by atoms with E-state index in [0.29, 0.717) is 17.9 Å². The second-order valence-electron chi connectivity index (χ2n) is 5.09. The third-order valence-corrected chi connectivity index (χ3v) is 3.54. The molecule has 1 aromatic rings. The van der Waals surface area contributed by atoms with Gasteiger partial charge in [-0.25, -0.2) is 0 Å². The van der Waals surface area contributed by atoms with Gasteiger partial charge in [-0.3, -0.25) is 9.69 Å². The number of nitrogens with zero attached hydrogens (tertiary/aromatic N) is 1. The monoisotopic (exact) mass is 263 g/mol. The molecule has 1 amide bonds. The third-order valence-electron chi connectivity index (χ3n) is 3.54. The van der Waals surface area contributed by atoms with Gasteiger partial charge < -0.3 is 16.2 Å². The van der Waals surface area contributed by atoms with E-state index in [2.05, 4.69) is 5.32 Å². The summed E-state index contributed by atoms with van der Waals surface area (Å²) in [7, 11) is 0. The highest BCUT2D eigenvalue weighted by Gasteiger charge is 2.25. The van der Waals surface area contributed by atoms with E-state index >= 15 is 0 Å². The van der Waals surface area contributed by atoms with Gasteiger partial charge in [0.25, 0.3) is 0 Å². The number of anilines is 2. The summed E-state index contributed by atoms with van der Waals surface area (Å²) >= 11 is 0. The van der Waals surface area contributed by atoms with Crippen LogP contribution in [0, 0.1) is 6.92 Å². The maximum atomic E-state index is 12.0. The van der Waals surface area contributed by atoms with Gasteiger partial charge in [0.05, 0.1) is 24.5 Å². The zero-order valence-corrected chi connectivity index (χ0v) is 11.2. The Hall–Kier alpha value is -1.59. The quantitative estimate of drug-likeness (QED) is 0.707. The summed E-state index contributed by atoms with van der Waals surface area (Å²) in [5.41, 5.74) is 8.15. The number of hydrogen-bond acceptors (Lipinski definition) is 4. The van der Waals surface area contributed by atoms with Gasteiger partial charge in [-0.2, -0.15) is 0 Å². The number of hydrogen-bond donors (Lipinski definition) is 3. The summed E-state index contributed by atoms with van der Waals surface area (Å²) in [5.74, 6) is -0.0871. The highest BCUT2D eigenvalue weighted by molar-refractivity contribution is 5.95. The molecule has 1 unspecified atom stereocenters. The van der Waals surface area contributed by atoms with Crippen LogP contribution in [0.25, 0.3) is 0 Å². The molecule has 0 aromatic heterocycles. The SMILES string of the molecule is Cc1ccc(NC(=O)CN2CCCC2CO)c(N)c1. The van der Waals surface area contributed by atoms with Crippen molar-refractivity contribution in [1.29, 1.82) is 0 Å². The molecule has 5 nitrogen and oxygen atoms in total. The van der Waals surface area contributed by atoms with Gasteiger partial charge in [-0.15, -0.1) is 0 Å². The fourth-order valence-electron chi connectivity index (χ4n) is 2.48. The molecule has 1 atom stereocenters. The first-order valence-corrected chi connectivity index (χ1v) is 6.61. The van der Waals surface area contributed by atoms with Crippen LogP contribution in [-0.2, 0) is 4.79 Å². The lowest BCUT2D eigenvalue weighted by atomic mass is 10.2. The van der Waals surface area contributed by atoms with Crippen LogP contribution in [0.3, 0.4) is 0 Å². The minimum atomic E-state index is -0.0871. The van der Waals surface area contributed by atoms with E-state index in [1.165, 1.54) is 0 Å². The Kier molecular flexibility index (Phi) is 4.39. The van der Waals surface area contributed by atoms with Crippen LogP contribution in [0.15, 0.2) is 18.2 Å². The lowest BCUT2D eigenvalue weighted by molar-refractivity contribution is -0.117. The van der Waals surface area contributed by atoms with Crippen LogP contribution < -0.4 is 11.1 Å². The van der Waals surface area contributed by atoms with Crippen LogP contribution in [0.1, 0.15) is 18.4 Å². The van der Waals surface area contributed by atoms with Gasteiger partial charge in [0, 0.05) is 6.04 Å². The summed E-state index contributed by atoms with van der Waals surface area (Å²) in [6, 6.07) is 5.68. The maximum Gasteiger partial charge on any atom is 0.238 e. The molecule has 1 fully saturated rings. The van der Waals surface area contributed by atoms with Crippen LogP contribution in [0.5, 0.6) is 0 Å². The number of aryl methyl sites for hydroxylation is 1. The van der Waals surface area contributed by atoms with Gasteiger partial charge in [0.2, 0.25) is 5.91 Å². The van der Waals surface area contributed by atoms with Crippen molar-refractivity contribution >= 4 is 17.3 Å². The first kappa shape index (κ1) is 13.8. The molecule has 0 saturated carbocycles. The van der Waals surface area contributed by atoms with Gasteiger partial charge >= 0.3 is 0 Å². The molecule has 0 aliphatic carbocycles. The van der Waals surface area contributed by atoms with Gasteiger partial charge in [-0.05, 0) is 44.0 Å². The zero-order valence-electron chi connectivity index (χ0n) is 11.2. The molecule has 1 heterocycles. The van der Waals surface area contributed by atoms with Gasteiger partial charge in [0.15, 0.2) is 0 Å². The molecule has 4 N–H and O–H groups in total. The Morgan fingerprint density at radius 3 is 3.05 bits per heavy atom. The number of carbonyl (C=O) groups is 1. The van der Waals surface area contributed by atoms with Crippen molar-refractivity contribution in [2.75, 3.05) is 30.7 Å². The molecule has 104 valence electrons. The number of nitrogens with two attached hydrogens (primary N) is 1. The topological polar surface area (TPSA) is 78.6 Å². The lowest BCUT2D eigenvalue weighted by Crippen LogP contribution is -2.38. The molecule has 0 radical (unpaired) electrons. The second kappa shape index (κ2) is 6.04. The Balaban J connectivity index is 1.94. The number of likely N-dealkylation sites (tertiary alicyclic amines) is 1. The zero-order chi connectivity index (χ0) is 13.8. The predicted octanol–water partition coefficient (Wildman–Crippen LogP) is 0.972. The summed E-state index contributed by atoms with van der Waals surface area (Å²) in [6.07, 6.45) is 1.99. The highest BCUT2D eigenvalue weighted by atomic mass is 16.3. The van der Waals surface area contributed by atoms with E-state index in [1.807, 2.05) is 30.0 Å². The molecule has 1 aliphatic rings. The van der Waals surface area contributed by atoms with Crippen LogP contribution in [0.2, 0.25) is 0 Å². The van der Waals surface area contributed by atoms with Crippen LogP contribution in [-0.4, -0.2) is 41.7 Å².